The number of hydrogen-bond donors (Lipinski definition) is 0. The lowest BCUT2D eigenvalue weighted by Crippen LogP contribution is -2.14. The Morgan fingerprint density at radius 1 is 1.28 bits per heavy atom. The number of carbonyl (C=O) groups excluding carboxylic acids is 2. The normalized spacial score (nSPS) is 21.6. The molecule has 0 aromatic heterocycles. The molecule has 0 aliphatic carbocycles. The Bertz CT molecular complexity index is 307. The third-order valence-electron chi connectivity index (χ3n) is 3.45. The van der Waals surface area contributed by atoms with Crippen molar-refractivity contribution in [2.24, 2.45) is 11.8 Å². The Labute approximate surface area is 110 Å². The van der Waals surface area contributed by atoms with Gasteiger partial charge in [0.25, 0.3) is 0 Å². The average molecular weight is 252 g/mol. The van der Waals surface area contributed by atoms with E-state index >= 15 is 0 Å². The van der Waals surface area contributed by atoms with Crippen molar-refractivity contribution >= 4 is 11.9 Å². The highest BCUT2D eigenvalue weighted by Crippen LogP contribution is 2.25. The predicted octanol–water partition coefficient (Wildman–Crippen LogP) is 3.63. The van der Waals surface area contributed by atoms with Crippen LogP contribution in [0, 0.1) is 11.8 Å². The second-order valence-corrected chi connectivity index (χ2v) is 5.09. The molecule has 1 aliphatic heterocycles. The highest BCUT2D eigenvalue weighted by Gasteiger charge is 2.36. The van der Waals surface area contributed by atoms with E-state index in [1.165, 1.54) is 32.1 Å². The number of unbranched alkanes of at least 4 members (excludes halogenated alkanes) is 5. The number of esters is 2. The third-order valence-corrected chi connectivity index (χ3v) is 3.45. The van der Waals surface area contributed by atoms with Gasteiger partial charge in [-0.15, -0.1) is 0 Å². The van der Waals surface area contributed by atoms with Crippen molar-refractivity contribution in [1.82, 2.24) is 0 Å². The van der Waals surface area contributed by atoms with Crippen LogP contribution in [-0.4, -0.2) is 11.9 Å². The van der Waals surface area contributed by atoms with Gasteiger partial charge in [-0.25, -0.2) is 0 Å². The number of allylic oxidation sites excluding steroid dienone is 2. The van der Waals surface area contributed by atoms with E-state index in [1.807, 2.05) is 13.0 Å². The minimum atomic E-state index is -0.384. The second-order valence-electron chi connectivity index (χ2n) is 5.09. The van der Waals surface area contributed by atoms with Gasteiger partial charge in [0.2, 0.25) is 0 Å². The summed E-state index contributed by atoms with van der Waals surface area (Å²) in [5, 5.41) is 0. The van der Waals surface area contributed by atoms with E-state index in [-0.39, 0.29) is 30.2 Å². The molecular weight excluding hydrogens is 228 g/mol. The SMILES string of the molecule is CCCCCCC/C=C\C(C)C1CC(=O)OC1=O. The molecule has 18 heavy (non-hydrogen) atoms. The van der Waals surface area contributed by atoms with Crippen LogP contribution in [0.1, 0.15) is 58.8 Å². The van der Waals surface area contributed by atoms with Crippen molar-refractivity contribution in [3.05, 3.63) is 12.2 Å². The van der Waals surface area contributed by atoms with Crippen molar-refractivity contribution in [3.8, 4) is 0 Å². The molecule has 1 saturated heterocycles. The predicted molar refractivity (Wildman–Crippen MR) is 70.9 cm³/mol. The van der Waals surface area contributed by atoms with E-state index in [9.17, 15) is 9.59 Å². The summed E-state index contributed by atoms with van der Waals surface area (Å²) in [5.74, 6) is -0.918. The summed E-state index contributed by atoms with van der Waals surface area (Å²) < 4.78 is 4.55. The number of ether oxygens (including phenoxy) is 1. The fourth-order valence-electron chi connectivity index (χ4n) is 2.20. The third kappa shape index (κ3) is 5.03. The van der Waals surface area contributed by atoms with Crippen molar-refractivity contribution < 1.29 is 14.3 Å². The molecule has 0 aromatic carbocycles. The molecule has 0 radical (unpaired) electrons. The molecule has 0 N–H and O–H groups in total. The van der Waals surface area contributed by atoms with Gasteiger partial charge in [-0.3, -0.25) is 9.59 Å². The molecule has 3 nitrogen and oxygen atoms in total. The Hall–Kier alpha value is -1.12. The lowest BCUT2D eigenvalue weighted by molar-refractivity contribution is -0.153. The van der Waals surface area contributed by atoms with Crippen LogP contribution in [0.25, 0.3) is 0 Å². The summed E-state index contributed by atoms with van der Waals surface area (Å²) in [4.78, 5) is 22.3. The largest absolute Gasteiger partial charge is 0.393 e. The van der Waals surface area contributed by atoms with E-state index in [2.05, 4.69) is 17.7 Å². The highest BCUT2D eigenvalue weighted by atomic mass is 16.6. The molecule has 1 fully saturated rings. The monoisotopic (exact) mass is 252 g/mol. The summed E-state index contributed by atoms with van der Waals surface area (Å²) in [6, 6.07) is 0. The molecule has 0 saturated carbocycles. The maximum absolute atomic E-state index is 11.4. The zero-order valence-corrected chi connectivity index (χ0v) is 11.5. The second kappa shape index (κ2) is 8.06. The molecule has 0 spiro atoms. The summed E-state index contributed by atoms with van der Waals surface area (Å²) in [5.41, 5.74) is 0. The van der Waals surface area contributed by atoms with Crippen molar-refractivity contribution in [2.45, 2.75) is 58.8 Å². The van der Waals surface area contributed by atoms with Gasteiger partial charge in [-0.05, 0) is 18.8 Å². The van der Waals surface area contributed by atoms with Gasteiger partial charge < -0.3 is 4.74 Å². The van der Waals surface area contributed by atoms with Crippen LogP contribution in [0.5, 0.6) is 0 Å². The summed E-state index contributed by atoms with van der Waals surface area (Å²) >= 11 is 0. The summed E-state index contributed by atoms with van der Waals surface area (Å²) in [6.07, 6.45) is 11.8. The van der Waals surface area contributed by atoms with Crippen LogP contribution in [0.4, 0.5) is 0 Å². The molecule has 2 atom stereocenters. The van der Waals surface area contributed by atoms with Gasteiger partial charge in [0.15, 0.2) is 0 Å². The smallest absolute Gasteiger partial charge is 0.317 e. The topological polar surface area (TPSA) is 43.4 Å². The van der Waals surface area contributed by atoms with Crippen molar-refractivity contribution in [1.29, 1.82) is 0 Å². The van der Waals surface area contributed by atoms with Crippen LogP contribution < -0.4 is 0 Å². The Kier molecular flexibility index (Phi) is 6.69. The maximum atomic E-state index is 11.4. The number of hydrogen-bond acceptors (Lipinski definition) is 3. The van der Waals surface area contributed by atoms with Crippen molar-refractivity contribution in [2.75, 3.05) is 0 Å². The zero-order valence-electron chi connectivity index (χ0n) is 11.5. The minimum Gasteiger partial charge on any atom is -0.393 e. The van der Waals surface area contributed by atoms with Crippen LogP contribution >= 0.6 is 0 Å². The first kappa shape index (κ1) is 14.9. The number of carbonyl (C=O) groups is 2. The molecular formula is C15H24O3. The van der Waals surface area contributed by atoms with Crippen LogP contribution in [0.3, 0.4) is 0 Å². The minimum absolute atomic E-state index is 0.0968. The van der Waals surface area contributed by atoms with Gasteiger partial charge in [0.05, 0.1) is 12.3 Å². The summed E-state index contributed by atoms with van der Waals surface area (Å²) in [6.45, 7) is 4.18. The first-order chi connectivity index (χ1) is 8.65. The molecule has 1 heterocycles. The van der Waals surface area contributed by atoms with Gasteiger partial charge in [0.1, 0.15) is 0 Å². The molecule has 2 unspecified atom stereocenters. The zero-order chi connectivity index (χ0) is 13.4. The van der Waals surface area contributed by atoms with Gasteiger partial charge in [0, 0.05) is 0 Å². The van der Waals surface area contributed by atoms with Gasteiger partial charge in [-0.2, -0.15) is 0 Å². The Morgan fingerprint density at radius 2 is 2.00 bits per heavy atom. The van der Waals surface area contributed by atoms with Crippen LogP contribution in [0.15, 0.2) is 12.2 Å². The van der Waals surface area contributed by atoms with Crippen LogP contribution in [-0.2, 0) is 14.3 Å². The lowest BCUT2D eigenvalue weighted by Gasteiger charge is -2.09. The molecule has 1 rings (SSSR count). The van der Waals surface area contributed by atoms with E-state index in [0.29, 0.717) is 0 Å². The van der Waals surface area contributed by atoms with E-state index < -0.39 is 0 Å². The van der Waals surface area contributed by atoms with E-state index in [0.717, 1.165) is 6.42 Å². The Morgan fingerprint density at radius 3 is 2.61 bits per heavy atom. The fourth-order valence-corrected chi connectivity index (χ4v) is 2.20. The van der Waals surface area contributed by atoms with E-state index in [1.54, 1.807) is 0 Å². The lowest BCUT2D eigenvalue weighted by atomic mass is 9.92. The van der Waals surface area contributed by atoms with Gasteiger partial charge in [-0.1, -0.05) is 51.7 Å². The number of rotatable bonds is 8. The average Bonchev–Trinajstić information content (AvgIpc) is 2.67. The molecule has 102 valence electrons. The molecule has 1 aliphatic rings. The van der Waals surface area contributed by atoms with Crippen LogP contribution in [0.2, 0.25) is 0 Å². The number of cyclic esters (lactones) is 2. The molecule has 0 bridgehead atoms. The maximum Gasteiger partial charge on any atom is 0.317 e. The van der Waals surface area contributed by atoms with Gasteiger partial charge >= 0.3 is 11.9 Å². The first-order valence-electron chi connectivity index (χ1n) is 7.06. The first-order valence-corrected chi connectivity index (χ1v) is 7.06. The molecule has 0 amide bonds. The Balaban J connectivity index is 2.17. The van der Waals surface area contributed by atoms with Crippen molar-refractivity contribution in [3.63, 3.8) is 0 Å². The molecule has 0 aromatic rings. The standard InChI is InChI=1S/C15H24O3/c1-3-4-5-6-7-8-9-10-12(2)13-11-14(16)18-15(13)17/h9-10,12-13H,3-8,11H2,1-2H3/b10-9-. The van der Waals surface area contributed by atoms with E-state index in [4.69, 9.17) is 0 Å². The fraction of sp³-hybridized carbons (Fsp3) is 0.733. The summed E-state index contributed by atoms with van der Waals surface area (Å²) in [7, 11) is 0. The highest BCUT2D eigenvalue weighted by molar-refractivity contribution is 5.94. The molecule has 3 heteroatoms. The quantitative estimate of drug-likeness (QED) is 0.287.